The van der Waals surface area contributed by atoms with Gasteiger partial charge in [-0.05, 0) is 32.9 Å². The number of aryl methyl sites for hydroxylation is 2. The van der Waals surface area contributed by atoms with Crippen molar-refractivity contribution in [3.05, 3.63) is 65.5 Å². The van der Waals surface area contributed by atoms with Crippen LogP contribution in [0.1, 0.15) is 30.0 Å². The van der Waals surface area contributed by atoms with Gasteiger partial charge in [-0.25, -0.2) is 0 Å². The molecule has 0 N–H and O–H groups in total. The molecule has 0 fully saturated rings. The average molecular weight is 294 g/mol. The van der Waals surface area contributed by atoms with Gasteiger partial charge in [0.05, 0.1) is 0 Å². The molecule has 3 aromatic rings. The summed E-state index contributed by atoms with van der Waals surface area (Å²) in [6.45, 7) is 5.98. The lowest BCUT2D eigenvalue weighted by Gasteiger charge is -2.10. The molecule has 0 spiro atoms. The lowest BCUT2D eigenvalue weighted by molar-refractivity contribution is 0.176. The molecule has 0 aliphatic heterocycles. The van der Waals surface area contributed by atoms with Crippen LogP contribution in [0.4, 0.5) is 0 Å². The van der Waals surface area contributed by atoms with Crippen LogP contribution in [0.5, 0.6) is 5.75 Å². The van der Waals surface area contributed by atoms with Crippen LogP contribution in [0.2, 0.25) is 0 Å². The first-order chi connectivity index (χ1) is 10.6. The second-order valence-electron chi connectivity index (χ2n) is 5.40. The summed E-state index contributed by atoms with van der Waals surface area (Å²) in [5.74, 6) is 1.83. The van der Waals surface area contributed by atoms with E-state index in [2.05, 4.69) is 10.1 Å². The second-order valence-corrected chi connectivity index (χ2v) is 5.40. The van der Waals surface area contributed by atoms with Crippen LogP contribution in [-0.2, 0) is 0 Å². The van der Waals surface area contributed by atoms with Crippen LogP contribution in [0, 0.1) is 13.8 Å². The normalized spacial score (nSPS) is 12.1. The fourth-order valence-electron chi connectivity index (χ4n) is 2.09. The van der Waals surface area contributed by atoms with Gasteiger partial charge in [0.1, 0.15) is 5.75 Å². The second kappa shape index (κ2) is 6.02. The van der Waals surface area contributed by atoms with Gasteiger partial charge in [0.15, 0.2) is 6.10 Å². The van der Waals surface area contributed by atoms with E-state index in [4.69, 9.17) is 9.26 Å². The van der Waals surface area contributed by atoms with Gasteiger partial charge < -0.3 is 9.26 Å². The van der Waals surface area contributed by atoms with Crippen molar-refractivity contribution in [2.24, 2.45) is 0 Å². The zero-order valence-corrected chi connectivity index (χ0v) is 12.9. The number of hydrogen-bond acceptors (Lipinski definition) is 4. The zero-order chi connectivity index (χ0) is 15.5. The highest BCUT2D eigenvalue weighted by Crippen LogP contribution is 2.23. The summed E-state index contributed by atoms with van der Waals surface area (Å²) in [4.78, 5) is 4.42. The van der Waals surface area contributed by atoms with Crippen molar-refractivity contribution in [2.45, 2.75) is 26.9 Å². The topological polar surface area (TPSA) is 48.2 Å². The smallest absolute Gasteiger partial charge is 0.267 e. The number of benzene rings is 2. The van der Waals surface area contributed by atoms with E-state index in [1.54, 1.807) is 0 Å². The number of nitrogens with zero attached hydrogens (tertiary/aromatic N) is 2. The predicted octanol–water partition coefficient (Wildman–Crippen LogP) is 4.49. The van der Waals surface area contributed by atoms with E-state index in [0.29, 0.717) is 11.7 Å². The van der Waals surface area contributed by atoms with Crippen molar-refractivity contribution in [1.29, 1.82) is 0 Å². The first kappa shape index (κ1) is 14.3. The van der Waals surface area contributed by atoms with Crippen LogP contribution in [0.15, 0.2) is 53.1 Å². The Bertz CT molecular complexity index is 746. The molecule has 4 heteroatoms. The maximum Gasteiger partial charge on any atom is 0.267 e. The lowest BCUT2D eigenvalue weighted by atomic mass is 10.1. The minimum Gasteiger partial charge on any atom is -0.481 e. The summed E-state index contributed by atoms with van der Waals surface area (Å²) in [6, 6.07) is 15.9. The Labute approximate surface area is 129 Å². The third-order valence-corrected chi connectivity index (χ3v) is 3.43. The quantitative estimate of drug-likeness (QED) is 0.711. The Kier molecular flexibility index (Phi) is 3.92. The van der Waals surface area contributed by atoms with E-state index in [1.165, 1.54) is 11.1 Å². The van der Waals surface area contributed by atoms with Gasteiger partial charge in [-0.2, -0.15) is 4.98 Å². The molecule has 3 rings (SSSR count). The highest BCUT2D eigenvalue weighted by atomic mass is 16.5. The van der Waals surface area contributed by atoms with Crippen LogP contribution in [0.3, 0.4) is 0 Å². The molecule has 1 heterocycles. The van der Waals surface area contributed by atoms with Crippen molar-refractivity contribution in [3.8, 4) is 17.1 Å². The molecule has 0 aliphatic carbocycles. The molecule has 0 saturated carbocycles. The van der Waals surface area contributed by atoms with Gasteiger partial charge >= 0.3 is 0 Å². The van der Waals surface area contributed by atoms with Crippen LogP contribution >= 0.6 is 0 Å². The third kappa shape index (κ3) is 3.17. The summed E-state index contributed by atoms with van der Waals surface area (Å²) < 4.78 is 11.1. The Morgan fingerprint density at radius 2 is 1.50 bits per heavy atom. The molecule has 22 heavy (non-hydrogen) atoms. The molecule has 0 amide bonds. The number of ether oxygens (including phenoxy) is 1. The summed E-state index contributed by atoms with van der Waals surface area (Å²) >= 11 is 0. The molecule has 0 saturated heterocycles. The number of aromatic nitrogens is 2. The van der Waals surface area contributed by atoms with Crippen molar-refractivity contribution < 1.29 is 9.26 Å². The molecular formula is C18H18N2O2. The monoisotopic (exact) mass is 294 g/mol. The highest BCUT2D eigenvalue weighted by Gasteiger charge is 2.16. The van der Waals surface area contributed by atoms with Gasteiger partial charge in [0.2, 0.25) is 5.82 Å². The van der Waals surface area contributed by atoms with E-state index in [9.17, 15) is 0 Å². The summed E-state index contributed by atoms with van der Waals surface area (Å²) in [5, 5.41) is 4.03. The van der Waals surface area contributed by atoms with Crippen molar-refractivity contribution in [1.82, 2.24) is 10.1 Å². The molecule has 112 valence electrons. The molecule has 4 nitrogen and oxygen atoms in total. The van der Waals surface area contributed by atoms with Gasteiger partial charge in [-0.3, -0.25) is 0 Å². The molecule has 0 bridgehead atoms. The van der Waals surface area contributed by atoms with Crippen molar-refractivity contribution in [2.75, 3.05) is 0 Å². The summed E-state index contributed by atoms with van der Waals surface area (Å²) in [5.41, 5.74) is 3.33. The Morgan fingerprint density at radius 1 is 0.909 bits per heavy atom. The van der Waals surface area contributed by atoms with Gasteiger partial charge in [-0.15, -0.1) is 0 Å². The summed E-state index contributed by atoms with van der Waals surface area (Å²) in [6.07, 6.45) is -0.297. The van der Waals surface area contributed by atoms with Crippen LogP contribution in [0.25, 0.3) is 11.4 Å². The summed E-state index contributed by atoms with van der Waals surface area (Å²) in [7, 11) is 0. The predicted molar refractivity (Wildman–Crippen MR) is 84.7 cm³/mol. The fourth-order valence-corrected chi connectivity index (χ4v) is 2.09. The Hall–Kier alpha value is -2.62. The molecule has 0 radical (unpaired) electrons. The van der Waals surface area contributed by atoms with E-state index >= 15 is 0 Å². The van der Waals surface area contributed by atoms with E-state index in [1.807, 2.05) is 69.3 Å². The maximum absolute atomic E-state index is 5.83. The number of hydrogen-bond donors (Lipinski definition) is 0. The molecule has 0 aliphatic rings. The maximum atomic E-state index is 5.83. The van der Waals surface area contributed by atoms with Gasteiger partial charge in [-0.1, -0.05) is 52.7 Å². The van der Waals surface area contributed by atoms with E-state index in [0.717, 1.165) is 11.3 Å². The first-order valence-electron chi connectivity index (χ1n) is 7.26. The zero-order valence-electron chi connectivity index (χ0n) is 12.9. The van der Waals surface area contributed by atoms with Crippen molar-refractivity contribution in [3.63, 3.8) is 0 Å². The SMILES string of the molecule is Cc1ccc(OC(C)c2nc(-c3ccc(C)cc3)no2)cc1. The van der Waals surface area contributed by atoms with Crippen LogP contribution in [-0.4, -0.2) is 10.1 Å². The molecule has 1 aromatic heterocycles. The van der Waals surface area contributed by atoms with E-state index in [-0.39, 0.29) is 6.10 Å². The number of rotatable bonds is 4. The largest absolute Gasteiger partial charge is 0.481 e. The molecular weight excluding hydrogens is 276 g/mol. The first-order valence-corrected chi connectivity index (χ1v) is 7.26. The van der Waals surface area contributed by atoms with Gasteiger partial charge in [0, 0.05) is 5.56 Å². The average Bonchev–Trinajstić information content (AvgIpc) is 3.00. The van der Waals surface area contributed by atoms with Gasteiger partial charge in [0.25, 0.3) is 5.89 Å². The van der Waals surface area contributed by atoms with Crippen LogP contribution < -0.4 is 4.74 Å². The lowest BCUT2D eigenvalue weighted by Crippen LogP contribution is -2.03. The van der Waals surface area contributed by atoms with E-state index < -0.39 is 0 Å². The Morgan fingerprint density at radius 3 is 2.14 bits per heavy atom. The minimum absolute atomic E-state index is 0.297. The Balaban J connectivity index is 1.75. The molecule has 1 unspecified atom stereocenters. The standard InChI is InChI=1S/C18H18N2O2/c1-12-4-8-15(9-5-12)17-19-18(22-20-17)14(3)21-16-10-6-13(2)7-11-16/h4-11,14H,1-3H3. The fraction of sp³-hybridized carbons (Fsp3) is 0.222. The highest BCUT2D eigenvalue weighted by molar-refractivity contribution is 5.54. The minimum atomic E-state index is -0.297. The molecule has 1 atom stereocenters. The molecule has 2 aromatic carbocycles. The third-order valence-electron chi connectivity index (χ3n) is 3.43. The van der Waals surface area contributed by atoms with Crippen molar-refractivity contribution >= 4 is 0 Å².